The molecule has 2 N–H and O–H groups in total. The lowest BCUT2D eigenvalue weighted by Crippen LogP contribution is -2.19. The van der Waals surface area contributed by atoms with Gasteiger partial charge in [0.05, 0.1) is 19.1 Å². The van der Waals surface area contributed by atoms with Gasteiger partial charge < -0.3 is 19.7 Å². The summed E-state index contributed by atoms with van der Waals surface area (Å²) in [5.41, 5.74) is 0. The zero-order valence-corrected chi connectivity index (χ0v) is 11.2. The quantitative estimate of drug-likeness (QED) is 0.244. The molecule has 8 nitrogen and oxygen atoms in total. The van der Waals surface area contributed by atoms with Gasteiger partial charge in [-0.25, -0.2) is 4.57 Å². The molecule has 2 unspecified atom stereocenters. The van der Waals surface area contributed by atoms with Gasteiger partial charge >= 0.3 is 13.8 Å². The summed E-state index contributed by atoms with van der Waals surface area (Å²) in [5, 5.41) is 2.72. The Morgan fingerprint density at radius 1 is 1.44 bits per heavy atom. The first-order valence-corrected chi connectivity index (χ1v) is 6.76. The number of carbonyl (C=O) groups is 2. The summed E-state index contributed by atoms with van der Waals surface area (Å²) in [4.78, 5) is 30.3. The number of hydrogen-bond donors (Lipinski definition) is 2. The maximum atomic E-state index is 11.3. The Morgan fingerprint density at radius 2 is 2.11 bits per heavy atom. The van der Waals surface area contributed by atoms with Crippen molar-refractivity contribution in [1.29, 1.82) is 0 Å². The Balaban J connectivity index is 3.98. The van der Waals surface area contributed by atoms with Gasteiger partial charge in [0.15, 0.2) is 0 Å². The van der Waals surface area contributed by atoms with Gasteiger partial charge in [-0.3, -0.25) is 13.8 Å². The highest BCUT2D eigenvalue weighted by Gasteiger charge is 2.23. The molecule has 0 bridgehead atoms. The van der Waals surface area contributed by atoms with E-state index in [1.807, 2.05) is 0 Å². The van der Waals surface area contributed by atoms with Crippen molar-refractivity contribution < 1.29 is 32.8 Å². The first-order valence-electron chi connectivity index (χ1n) is 5.26. The predicted octanol–water partition coefficient (Wildman–Crippen LogP) is -0.282. The van der Waals surface area contributed by atoms with Crippen LogP contribution in [0.3, 0.4) is 0 Å². The molecule has 2 atom stereocenters. The Labute approximate surface area is 105 Å². The summed E-state index contributed by atoms with van der Waals surface area (Å²) < 4.78 is 25.1. The number of phosphoric ester groups is 1. The lowest BCUT2D eigenvalue weighted by Gasteiger charge is -2.14. The second-order valence-corrected chi connectivity index (χ2v) is 4.85. The SMILES string of the molecule is CNCCOP(=O)(O)OCC(C=O)COC(C)=O. The van der Waals surface area contributed by atoms with Crippen molar-refractivity contribution in [1.82, 2.24) is 5.32 Å². The van der Waals surface area contributed by atoms with Crippen LogP contribution in [0.2, 0.25) is 0 Å². The number of ether oxygens (including phenoxy) is 1. The van der Waals surface area contributed by atoms with Crippen LogP contribution in [0.5, 0.6) is 0 Å². The molecule has 0 heterocycles. The van der Waals surface area contributed by atoms with Gasteiger partial charge in [-0.15, -0.1) is 0 Å². The number of nitrogens with one attached hydrogen (secondary N) is 1. The molecule has 0 aliphatic carbocycles. The third-order valence-corrected chi connectivity index (χ3v) is 2.74. The largest absolute Gasteiger partial charge is 0.472 e. The standard InChI is InChI=1S/C9H18NO7P/c1-8(12)15-6-9(5-11)7-17-18(13,14)16-4-3-10-2/h5,9-10H,3-4,6-7H2,1-2H3,(H,13,14). The number of phosphoric acid groups is 1. The van der Waals surface area contributed by atoms with E-state index in [2.05, 4.69) is 19.1 Å². The minimum atomic E-state index is -4.18. The fourth-order valence-electron chi connectivity index (χ4n) is 0.841. The molecule has 0 radical (unpaired) electrons. The number of carbonyl (C=O) groups excluding carboxylic acids is 2. The summed E-state index contributed by atoms with van der Waals surface area (Å²) in [6.07, 6.45) is 0.483. The van der Waals surface area contributed by atoms with E-state index >= 15 is 0 Å². The maximum absolute atomic E-state index is 11.3. The third kappa shape index (κ3) is 9.26. The smallest absolute Gasteiger partial charge is 0.465 e. The molecule has 0 aliphatic heterocycles. The van der Waals surface area contributed by atoms with Gasteiger partial charge in [0.2, 0.25) is 0 Å². The lowest BCUT2D eigenvalue weighted by atomic mass is 10.2. The van der Waals surface area contributed by atoms with Crippen molar-refractivity contribution in [3.8, 4) is 0 Å². The predicted molar refractivity (Wildman–Crippen MR) is 61.8 cm³/mol. The molecule has 106 valence electrons. The van der Waals surface area contributed by atoms with Crippen LogP contribution in [0.25, 0.3) is 0 Å². The summed E-state index contributed by atoms with van der Waals surface area (Å²) in [5.74, 6) is -1.35. The molecular formula is C9H18NO7P. The van der Waals surface area contributed by atoms with E-state index in [4.69, 9.17) is 0 Å². The molecule has 0 amide bonds. The van der Waals surface area contributed by atoms with Crippen molar-refractivity contribution in [3.63, 3.8) is 0 Å². The lowest BCUT2D eigenvalue weighted by molar-refractivity contribution is -0.143. The first-order chi connectivity index (χ1) is 8.41. The normalized spacial score (nSPS) is 15.7. The summed E-state index contributed by atoms with van der Waals surface area (Å²) in [6, 6.07) is 0. The van der Waals surface area contributed by atoms with Crippen LogP contribution in [-0.2, 0) is 27.9 Å². The molecule has 0 aromatic rings. The molecule has 0 aliphatic rings. The minimum absolute atomic E-state index is 0.0000202. The Kier molecular flexibility index (Phi) is 8.78. The summed E-state index contributed by atoms with van der Waals surface area (Å²) >= 11 is 0. The van der Waals surface area contributed by atoms with Crippen LogP contribution in [0, 0.1) is 5.92 Å². The Bertz CT molecular complexity index is 309. The first kappa shape index (κ1) is 17.2. The average molecular weight is 283 g/mol. The van der Waals surface area contributed by atoms with Crippen LogP contribution >= 0.6 is 7.82 Å². The molecule has 0 saturated carbocycles. The van der Waals surface area contributed by atoms with E-state index in [0.29, 0.717) is 12.8 Å². The molecule has 0 aromatic heterocycles. The highest BCUT2D eigenvalue weighted by atomic mass is 31.2. The number of esters is 1. The molecular weight excluding hydrogens is 265 g/mol. The molecule has 9 heteroatoms. The molecule has 0 spiro atoms. The van der Waals surface area contributed by atoms with Crippen molar-refractivity contribution in [2.24, 2.45) is 5.92 Å². The zero-order chi connectivity index (χ0) is 14.0. The highest BCUT2D eigenvalue weighted by molar-refractivity contribution is 7.47. The molecule has 0 saturated heterocycles. The van der Waals surface area contributed by atoms with Gasteiger partial charge in [0.1, 0.15) is 12.9 Å². The van der Waals surface area contributed by atoms with E-state index in [1.54, 1.807) is 7.05 Å². The van der Waals surface area contributed by atoms with E-state index in [0.717, 1.165) is 0 Å². The maximum Gasteiger partial charge on any atom is 0.472 e. The summed E-state index contributed by atoms with van der Waals surface area (Å²) in [6.45, 7) is 1.03. The van der Waals surface area contributed by atoms with E-state index in [-0.39, 0.29) is 19.8 Å². The average Bonchev–Trinajstić information content (AvgIpc) is 2.29. The zero-order valence-electron chi connectivity index (χ0n) is 10.3. The second kappa shape index (κ2) is 9.18. The summed E-state index contributed by atoms with van der Waals surface area (Å²) in [7, 11) is -2.52. The van der Waals surface area contributed by atoms with Crippen LogP contribution in [0.1, 0.15) is 6.92 Å². The van der Waals surface area contributed by atoms with Gasteiger partial charge in [0, 0.05) is 13.5 Å². The van der Waals surface area contributed by atoms with Crippen LogP contribution < -0.4 is 5.32 Å². The number of rotatable bonds is 10. The Hall–Kier alpha value is -0.790. The molecule has 0 fully saturated rings. The van der Waals surface area contributed by atoms with Crippen LogP contribution in [0.15, 0.2) is 0 Å². The van der Waals surface area contributed by atoms with Crippen molar-refractivity contribution >= 4 is 20.1 Å². The highest BCUT2D eigenvalue weighted by Crippen LogP contribution is 2.43. The second-order valence-electron chi connectivity index (χ2n) is 3.40. The van der Waals surface area contributed by atoms with Gasteiger partial charge in [-0.1, -0.05) is 0 Å². The number of aldehydes is 1. The van der Waals surface area contributed by atoms with Gasteiger partial charge in [0.25, 0.3) is 0 Å². The van der Waals surface area contributed by atoms with E-state index in [9.17, 15) is 19.0 Å². The molecule has 0 aromatic carbocycles. The Morgan fingerprint density at radius 3 is 2.61 bits per heavy atom. The van der Waals surface area contributed by atoms with E-state index in [1.165, 1.54) is 6.92 Å². The number of hydrogen-bond acceptors (Lipinski definition) is 7. The van der Waals surface area contributed by atoms with Crippen molar-refractivity contribution in [2.45, 2.75) is 6.92 Å². The third-order valence-electron chi connectivity index (χ3n) is 1.75. The fraction of sp³-hybridized carbons (Fsp3) is 0.778. The van der Waals surface area contributed by atoms with E-state index < -0.39 is 19.7 Å². The monoisotopic (exact) mass is 283 g/mol. The molecule has 0 rings (SSSR count). The van der Waals surface area contributed by atoms with Crippen molar-refractivity contribution in [3.05, 3.63) is 0 Å². The van der Waals surface area contributed by atoms with Crippen LogP contribution in [-0.4, -0.2) is 50.6 Å². The fourth-order valence-corrected chi connectivity index (χ4v) is 1.62. The van der Waals surface area contributed by atoms with Gasteiger partial charge in [-0.05, 0) is 7.05 Å². The van der Waals surface area contributed by atoms with Crippen LogP contribution in [0.4, 0.5) is 0 Å². The topological polar surface area (TPSA) is 111 Å². The van der Waals surface area contributed by atoms with Crippen molar-refractivity contribution in [2.75, 3.05) is 33.4 Å². The van der Waals surface area contributed by atoms with Gasteiger partial charge in [-0.2, -0.15) is 0 Å². The number of likely N-dealkylation sites (N-methyl/N-ethyl adjacent to an activating group) is 1. The molecule has 18 heavy (non-hydrogen) atoms. The minimum Gasteiger partial charge on any atom is -0.465 e.